The Bertz CT molecular complexity index is 693. The third kappa shape index (κ3) is 3.14. The van der Waals surface area contributed by atoms with Crippen LogP contribution in [0.5, 0.6) is 0 Å². The Labute approximate surface area is 188 Å². The first-order chi connectivity index (χ1) is 14.9. The van der Waals surface area contributed by atoms with Gasteiger partial charge in [-0.15, -0.1) is 0 Å². The SMILES string of the molecule is CCCCCCCC[C@H]1CC[C@H]2[C@@H]3[C@H]4OC[C@@]5(CC[C@H](O)C[C@]5(O)C4=O)[C@H]3CC[C@]12C. The number of carbonyl (C=O) groups excluding carboxylic acids is 1. The molecule has 4 nitrogen and oxygen atoms in total. The molecule has 0 unspecified atom stereocenters. The van der Waals surface area contributed by atoms with Gasteiger partial charge in [0.1, 0.15) is 11.7 Å². The number of ketones is 1. The number of aliphatic hydroxyl groups excluding tert-OH is 1. The van der Waals surface area contributed by atoms with Gasteiger partial charge in [-0.2, -0.15) is 0 Å². The molecule has 0 aromatic heterocycles. The van der Waals surface area contributed by atoms with Crippen LogP contribution in [0.15, 0.2) is 0 Å². The molecule has 4 aliphatic carbocycles. The summed E-state index contributed by atoms with van der Waals surface area (Å²) in [6.45, 7) is 5.31. The van der Waals surface area contributed by atoms with E-state index in [-0.39, 0.29) is 18.1 Å². The van der Waals surface area contributed by atoms with Gasteiger partial charge in [0.25, 0.3) is 0 Å². The molecule has 1 spiro atoms. The van der Waals surface area contributed by atoms with Crippen molar-refractivity contribution in [2.24, 2.45) is 34.5 Å². The van der Waals surface area contributed by atoms with Crippen molar-refractivity contribution in [3.8, 4) is 0 Å². The van der Waals surface area contributed by atoms with Gasteiger partial charge in [0, 0.05) is 11.8 Å². The lowest BCUT2D eigenvalue weighted by Crippen LogP contribution is -2.77. The van der Waals surface area contributed by atoms with E-state index in [1.165, 1.54) is 64.2 Å². The maximum absolute atomic E-state index is 13.5. The molecule has 6 rings (SSSR count). The van der Waals surface area contributed by atoms with E-state index < -0.39 is 23.2 Å². The zero-order valence-corrected chi connectivity index (χ0v) is 19.8. The lowest BCUT2D eigenvalue weighted by molar-refractivity contribution is -0.295. The highest BCUT2D eigenvalue weighted by Gasteiger charge is 2.75. The summed E-state index contributed by atoms with van der Waals surface area (Å²) in [5.74, 6) is 1.91. The number of hydrogen-bond acceptors (Lipinski definition) is 4. The van der Waals surface area contributed by atoms with Crippen LogP contribution in [0.2, 0.25) is 0 Å². The number of hydrogen-bond donors (Lipinski definition) is 2. The third-order valence-electron chi connectivity index (χ3n) is 11.0. The fourth-order valence-corrected chi connectivity index (χ4v) is 9.27. The normalized spacial score (nSPS) is 50.8. The van der Waals surface area contributed by atoms with Crippen molar-refractivity contribution in [3.05, 3.63) is 0 Å². The predicted molar refractivity (Wildman–Crippen MR) is 121 cm³/mol. The summed E-state index contributed by atoms with van der Waals surface area (Å²) in [7, 11) is 0. The third-order valence-corrected chi connectivity index (χ3v) is 11.0. The highest BCUT2D eigenvalue weighted by Crippen LogP contribution is 2.70. The lowest BCUT2D eigenvalue weighted by Gasteiger charge is -2.68. The summed E-state index contributed by atoms with van der Waals surface area (Å²) in [4.78, 5) is 13.5. The van der Waals surface area contributed by atoms with Crippen molar-refractivity contribution >= 4 is 5.78 Å². The van der Waals surface area contributed by atoms with Crippen LogP contribution in [0.1, 0.15) is 104 Å². The fraction of sp³-hybridized carbons (Fsp3) is 0.963. The van der Waals surface area contributed by atoms with E-state index in [0.717, 1.165) is 18.8 Å². The van der Waals surface area contributed by atoms with Crippen LogP contribution in [0.4, 0.5) is 0 Å². The van der Waals surface area contributed by atoms with Crippen molar-refractivity contribution in [3.63, 3.8) is 0 Å². The van der Waals surface area contributed by atoms with Gasteiger partial charge in [-0.05, 0) is 74.0 Å². The molecule has 2 saturated heterocycles. The zero-order valence-electron chi connectivity index (χ0n) is 19.8. The lowest BCUT2D eigenvalue weighted by atomic mass is 9.40. The van der Waals surface area contributed by atoms with Gasteiger partial charge in [0.2, 0.25) is 0 Å². The Kier molecular flexibility index (Phi) is 5.84. The minimum atomic E-state index is -1.36. The molecule has 6 aliphatic rings. The molecule has 2 bridgehead atoms. The van der Waals surface area contributed by atoms with E-state index >= 15 is 0 Å². The standard InChI is InChI=1S/C27H44O4/c1-3-4-5-6-7-8-9-18-10-11-20-22-21(13-14-25(18,20)2)26-15-12-19(28)16-27(26,30)24(29)23(22)31-17-26/h18-23,28,30H,3-17H2,1-2H3/t18-,19-,20-,21-,22-,23+,25+,26-,27-/m0/s1. The number of Topliss-reactive ketones (excluding diaryl/α,β-unsaturated/α-hetero) is 1. The number of fused-ring (bicyclic) bond motifs is 2. The Morgan fingerprint density at radius 1 is 1.00 bits per heavy atom. The molecule has 2 N–H and O–H groups in total. The van der Waals surface area contributed by atoms with Crippen LogP contribution in [-0.4, -0.2) is 40.4 Å². The van der Waals surface area contributed by atoms with Gasteiger partial charge in [-0.25, -0.2) is 0 Å². The highest BCUT2D eigenvalue weighted by atomic mass is 16.5. The molecule has 176 valence electrons. The van der Waals surface area contributed by atoms with E-state index in [2.05, 4.69) is 13.8 Å². The highest BCUT2D eigenvalue weighted by molar-refractivity contribution is 5.94. The van der Waals surface area contributed by atoms with Crippen LogP contribution in [-0.2, 0) is 9.53 Å². The molecular weight excluding hydrogens is 388 g/mol. The maximum Gasteiger partial charge on any atom is 0.194 e. The van der Waals surface area contributed by atoms with E-state index in [1.54, 1.807) is 0 Å². The Balaban J connectivity index is 1.32. The molecule has 0 aromatic carbocycles. The molecule has 0 radical (unpaired) electrons. The van der Waals surface area contributed by atoms with Crippen molar-refractivity contribution in [1.29, 1.82) is 0 Å². The monoisotopic (exact) mass is 432 g/mol. The van der Waals surface area contributed by atoms with Gasteiger partial charge in [-0.3, -0.25) is 4.79 Å². The molecule has 31 heavy (non-hydrogen) atoms. The molecule has 0 amide bonds. The number of aliphatic hydroxyl groups is 2. The van der Waals surface area contributed by atoms with Crippen LogP contribution >= 0.6 is 0 Å². The van der Waals surface area contributed by atoms with E-state index in [4.69, 9.17) is 4.74 Å². The van der Waals surface area contributed by atoms with E-state index in [0.29, 0.717) is 30.3 Å². The average Bonchev–Trinajstić information content (AvgIpc) is 3.09. The second-order valence-corrected chi connectivity index (χ2v) is 12.2. The fourth-order valence-electron chi connectivity index (χ4n) is 9.27. The predicted octanol–water partition coefficient (Wildman–Crippen LogP) is 5.04. The van der Waals surface area contributed by atoms with Crippen LogP contribution in [0.3, 0.4) is 0 Å². The maximum atomic E-state index is 13.5. The summed E-state index contributed by atoms with van der Waals surface area (Å²) < 4.78 is 6.25. The Morgan fingerprint density at radius 2 is 1.77 bits per heavy atom. The van der Waals surface area contributed by atoms with Crippen LogP contribution in [0, 0.1) is 34.5 Å². The molecule has 4 saturated carbocycles. The van der Waals surface area contributed by atoms with Gasteiger partial charge >= 0.3 is 0 Å². The second-order valence-electron chi connectivity index (χ2n) is 12.2. The Hall–Kier alpha value is -0.450. The van der Waals surface area contributed by atoms with Crippen molar-refractivity contribution in [1.82, 2.24) is 0 Å². The van der Waals surface area contributed by atoms with Gasteiger partial charge < -0.3 is 14.9 Å². The van der Waals surface area contributed by atoms with Crippen molar-refractivity contribution in [2.75, 3.05) is 6.61 Å². The first-order valence-electron chi connectivity index (χ1n) is 13.4. The van der Waals surface area contributed by atoms with E-state index in [1.807, 2.05) is 0 Å². The number of carbonyl (C=O) groups is 1. The van der Waals surface area contributed by atoms with Gasteiger partial charge in [0.05, 0.1) is 12.7 Å². The van der Waals surface area contributed by atoms with Crippen molar-refractivity contribution in [2.45, 2.75) is 122 Å². The Morgan fingerprint density at radius 3 is 2.58 bits per heavy atom. The number of rotatable bonds is 7. The second kappa shape index (κ2) is 8.09. The molecular formula is C27H44O4. The molecule has 9 atom stereocenters. The minimum Gasteiger partial charge on any atom is -0.393 e. The molecule has 6 fully saturated rings. The first kappa shape index (κ1) is 22.3. The molecule has 2 heterocycles. The quantitative estimate of drug-likeness (QED) is 0.553. The van der Waals surface area contributed by atoms with Crippen LogP contribution < -0.4 is 0 Å². The topological polar surface area (TPSA) is 66.8 Å². The average molecular weight is 433 g/mol. The van der Waals surface area contributed by atoms with Crippen molar-refractivity contribution < 1.29 is 19.7 Å². The minimum absolute atomic E-state index is 0.0950. The summed E-state index contributed by atoms with van der Waals surface area (Å²) in [5.41, 5.74) is -1.49. The largest absolute Gasteiger partial charge is 0.393 e. The van der Waals surface area contributed by atoms with Crippen LogP contribution in [0.25, 0.3) is 0 Å². The summed E-state index contributed by atoms with van der Waals surface area (Å²) in [6.07, 6.45) is 15.0. The summed E-state index contributed by atoms with van der Waals surface area (Å²) >= 11 is 0. The van der Waals surface area contributed by atoms with E-state index in [9.17, 15) is 15.0 Å². The smallest absolute Gasteiger partial charge is 0.194 e. The number of ether oxygens (including phenoxy) is 1. The molecule has 0 aromatic rings. The number of unbranched alkanes of at least 4 members (excludes halogenated alkanes) is 5. The molecule has 4 heteroatoms. The van der Waals surface area contributed by atoms with Gasteiger partial charge in [0.15, 0.2) is 5.78 Å². The first-order valence-corrected chi connectivity index (χ1v) is 13.4. The zero-order chi connectivity index (χ0) is 21.9. The summed E-state index contributed by atoms with van der Waals surface area (Å²) in [5, 5.41) is 21.9. The summed E-state index contributed by atoms with van der Waals surface area (Å²) in [6, 6.07) is 0. The van der Waals surface area contributed by atoms with Gasteiger partial charge in [-0.1, -0.05) is 52.4 Å². The molecule has 2 aliphatic heterocycles.